The molecule has 3 aromatic rings. The second kappa shape index (κ2) is 9.59. The first-order chi connectivity index (χ1) is 14.0. The largest absolute Gasteiger partial charge is 0.484 e. The van der Waals surface area contributed by atoms with Crippen LogP contribution in [0, 0.1) is 0 Å². The van der Waals surface area contributed by atoms with Gasteiger partial charge in [-0.1, -0.05) is 48.5 Å². The van der Waals surface area contributed by atoms with Crippen LogP contribution in [-0.4, -0.2) is 25.5 Å². The molecule has 1 unspecified atom stereocenters. The molecule has 0 aliphatic carbocycles. The van der Waals surface area contributed by atoms with Crippen LogP contribution in [0.3, 0.4) is 0 Å². The Kier molecular flexibility index (Phi) is 6.68. The Morgan fingerprint density at radius 3 is 2.62 bits per heavy atom. The van der Waals surface area contributed by atoms with Crippen molar-refractivity contribution in [3.8, 4) is 5.75 Å². The van der Waals surface area contributed by atoms with E-state index in [2.05, 4.69) is 52.9 Å². The average molecular weight is 390 g/mol. The molecule has 0 aromatic heterocycles. The Morgan fingerprint density at radius 2 is 1.86 bits per heavy atom. The number of hydrogen-bond acceptors (Lipinski definition) is 3. The monoisotopic (exact) mass is 390 g/mol. The maximum atomic E-state index is 10.9. The summed E-state index contributed by atoms with van der Waals surface area (Å²) in [4.78, 5) is 15.2. The third-order valence-electron chi connectivity index (χ3n) is 4.59. The summed E-state index contributed by atoms with van der Waals surface area (Å²) in [6.45, 7) is 2.54. The lowest BCUT2D eigenvalue weighted by Crippen LogP contribution is -2.38. The number of ether oxygens (including phenoxy) is 1. The van der Waals surface area contributed by atoms with E-state index in [0.29, 0.717) is 18.3 Å². The van der Waals surface area contributed by atoms with Crippen molar-refractivity contribution in [2.24, 2.45) is 10.7 Å². The first-order valence-electron chi connectivity index (χ1n) is 9.51. The van der Waals surface area contributed by atoms with Crippen molar-refractivity contribution in [1.29, 1.82) is 0 Å². The van der Waals surface area contributed by atoms with Gasteiger partial charge in [0.25, 0.3) is 5.91 Å². The van der Waals surface area contributed by atoms with Gasteiger partial charge < -0.3 is 21.1 Å². The molecule has 3 rings (SSSR count). The summed E-state index contributed by atoms with van der Waals surface area (Å²) in [7, 11) is 1.74. The van der Waals surface area contributed by atoms with Gasteiger partial charge in [0.2, 0.25) is 0 Å². The van der Waals surface area contributed by atoms with E-state index >= 15 is 0 Å². The number of fused-ring (bicyclic) bond motifs is 1. The molecule has 29 heavy (non-hydrogen) atoms. The Morgan fingerprint density at radius 1 is 1.07 bits per heavy atom. The average Bonchev–Trinajstić information content (AvgIpc) is 2.75. The lowest BCUT2D eigenvalue weighted by atomic mass is 10.0. The molecule has 1 atom stereocenters. The number of carbonyl (C=O) groups is 1. The molecular formula is C23H26N4O2. The van der Waals surface area contributed by atoms with Crippen molar-refractivity contribution in [3.63, 3.8) is 0 Å². The highest BCUT2D eigenvalue weighted by molar-refractivity contribution is 5.84. The van der Waals surface area contributed by atoms with E-state index in [0.717, 1.165) is 5.56 Å². The molecule has 0 fully saturated rings. The first-order valence-corrected chi connectivity index (χ1v) is 9.51. The first kappa shape index (κ1) is 20.2. The van der Waals surface area contributed by atoms with Crippen LogP contribution in [-0.2, 0) is 11.3 Å². The summed E-state index contributed by atoms with van der Waals surface area (Å²) in [6, 6.07) is 22.4. The molecule has 4 N–H and O–H groups in total. The van der Waals surface area contributed by atoms with Gasteiger partial charge in [0.1, 0.15) is 5.75 Å². The van der Waals surface area contributed by atoms with Crippen molar-refractivity contribution < 1.29 is 9.53 Å². The van der Waals surface area contributed by atoms with E-state index in [-0.39, 0.29) is 12.6 Å². The van der Waals surface area contributed by atoms with Crippen LogP contribution in [0.4, 0.5) is 0 Å². The number of carbonyl (C=O) groups excluding carboxylic acids is 1. The minimum atomic E-state index is -0.499. The summed E-state index contributed by atoms with van der Waals surface area (Å²) in [6.07, 6.45) is 0. The van der Waals surface area contributed by atoms with Crippen molar-refractivity contribution in [3.05, 3.63) is 77.9 Å². The number of nitrogens with zero attached hydrogens (tertiary/aromatic N) is 1. The Balaban J connectivity index is 1.60. The molecule has 150 valence electrons. The molecule has 6 nitrogen and oxygen atoms in total. The van der Waals surface area contributed by atoms with Crippen LogP contribution in [0.5, 0.6) is 5.75 Å². The highest BCUT2D eigenvalue weighted by Gasteiger charge is 2.09. The van der Waals surface area contributed by atoms with Gasteiger partial charge in [0.15, 0.2) is 12.6 Å². The fraction of sp³-hybridized carbons (Fsp3) is 0.217. The van der Waals surface area contributed by atoms with E-state index < -0.39 is 5.91 Å². The summed E-state index contributed by atoms with van der Waals surface area (Å²) in [5.74, 6) is 0.811. The van der Waals surface area contributed by atoms with Gasteiger partial charge in [-0.2, -0.15) is 0 Å². The highest BCUT2D eigenvalue weighted by Crippen LogP contribution is 2.20. The number of nitrogens with one attached hydrogen (secondary N) is 2. The van der Waals surface area contributed by atoms with Gasteiger partial charge in [-0.3, -0.25) is 9.79 Å². The minimum Gasteiger partial charge on any atom is -0.484 e. The zero-order valence-electron chi connectivity index (χ0n) is 16.7. The van der Waals surface area contributed by atoms with E-state index in [9.17, 15) is 4.79 Å². The summed E-state index contributed by atoms with van der Waals surface area (Å²) in [5, 5.41) is 9.17. The number of benzene rings is 3. The predicted molar refractivity (Wildman–Crippen MR) is 117 cm³/mol. The number of primary amides is 1. The fourth-order valence-corrected chi connectivity index (χ4v) is 3.05. The number of aliphatic imine (C=N–C) groups is 1. The predicted octanol–water partition coefficient (Wildman–Crippen LogP) is 3.13. The molecule has 0 bridgehead atoms. The van der Waals surface area contributed by atoms with Gasteiger partial charge in [-0.15, -0.1) is 0 Å². The summed E-state index contributed by atoms with van der Waals surface area (Å²) in [5.41, 5.74) is 7.32. The van der Waals surface area contributed by atoms with E-state index in [1.54, 1.807) is 13.1 Å². The van der Waals surface area contributed by atoms with Crippen LogP contribution < -0.4 is 21.1 Å². The summed E-state index contributed by atoms with van der Waals surface area (Å²) < 4.78 is 5.35. The van der Waals surface area contributed by atoms with Gasteiger partial charge >= 0.3 is 0 Å². The maximum absolute atomic E-state index is 10.9. The Bertz CT molecular complexity index is 1020. The van der Waals surface area contributed by atoms with Gasteiger partial charge in [-0.05, 0) is 47.0 Å². The highest BCUT2D eigenvalue weighted by atomic mass is 16.5. The number of hydrogen-bond donors (Lipinski definition) is 3. The summed E-state index contributed by atoms with van der Waals surface area (Å²) >= 11 is 0. The number of nitrogens with two attached hydrogens (primary N) is 1. The van der Waals surface area contributed by atoms with Crippen LogP contribution in [0.2, 0.25) is 0 Å². The van der Waals surface area contributed by atoms with E-state index in [1.807, 2.05) is 30.3 Å². The maximum Gasteiger partial charge on any atom is 0.255 e. The number of rotatable bonds is 7. The van der Waals surface area contributed by atoms with Crippen LogP contribution >= 0.6 is 0 Å². The molecule has 3 aromatic carbocycles. The molecule has 0 saturated heterocycles. The molecule has 6 heteroatoms. The molecular weight excluding hydrogens is 364 g/mol. The van der Waals surface area contributed by atoms with E-state index in [1.165, 1.54) is 16.3 Å². The number of guanidine groups is 1. The fourth-order valence-electron chi connectivity index (χ4n) is 3.05. The number of amides is 1. The molecule has 0 aliphatic rings. The molecule has 0 spiro atoms. The second-order valence-corrected chi connectivity index (χ2v) is 6.80. The molecule has 0 aliphatic heterocycles. The Labute approximate surface area is 170 Å². The van der Waals surface area contributed by atoms with Crippen LogP contribution in [0.1, 0.15) is 24.1 Å². The third kappa shape index (κ3) is 5.72. The quantitative estimate of drug-likeness (QED) is 0.427. The zero-order valence-corrected chi connectivity index (χ0v) is 16.7. The van der Waals surface area contributed by atoms with Crippen molar-refractivity contribution in [2.45, 2.75) is 19.5 Å². The van der Waals surface area contributed by atoms with Crippen LogP contribution in [0.25, 0.3) is 10.8 Å². The lowest BCUT2D eigenvalue weighted by Gasteiger charge is -2.19. The lowest BCUT2D eigenvalue weighted by molar-refractivity contribution is -0.119. The minimum absolute atomic E-state index is 0.0936. The van der Waals surface area contributed by atoms with Gasteiger partial charge in [0.05, 0.1) is 6.04 Å². The molecule has 0 saturated carbocycles. The normalized spacial score (nSPS) is 12.4. The van der Waals surface area contributed by atoms with Crippen molar-refractivity contribution in [1.82, 2.24) is 10.6 Å². The smallest absolute Gasteiger partial charge is 0.255 e. The molecule has 1 amide bonds. The van der Waals surface area contributed by atoms with E-state index in [4.69, 9.17) is 10.5 Å². The Hall–Kier alpha value is -3.54. The standard InChI is InChI=1S/C23H26N4O2/c1-16(19-11-10-18-7-3-4-8-20(18)13-19)27-23(25-2)26-14-17-6-5-9-21(12-17)29-15-22(24)28/h3-13,16H,14-15H2,1-2H3,(H2,24,28)(H2,25,26,27). The zero-order chi connectivity index (χ0) is 20.6. The second-order valence-electron chi connectivity index (χ2n) is 6.80. The van der Waals surface area contributed by atoms with Gasteiger partial charge in [0, 0.05) is 13.6 Å². The van der Waals surface area contributed by atoms with Crippen molar-refractivity contribution in [2.75, 3.05) is 13.7 Å². The SMILES string of the molecule is CN=C(NCc1cccc(OCC(N)=O)c1)NC(C)c1ccc2ccccc2c1. The van der Waals surface area contributed by atoms with Crippen LogP contribution in [0.15, 0.2) is 71.7 Å². The van der Waals surface area contributed by atoms with Crippen molar-refractivity contribution >= 4 is 22.6 Å². The third-order valence-corrected chi connectivity index (χ3v) is 4.59. The molecule has 0 radical (unpaired) electrons. The topological polar surface area (TPSA) is 88.7 Å². The molecule has 0 heterocycles. The van der Waals surface area contributed by atoms with Gasteiger partial charge in [-0.25, -0.2) is 0 Å².